The first-order valence-electron chi connectivity index (χ1n) is 11.8. The summed E-state index contributed by atoms with van der Waals surface area (Å²) >= 11 is 0. The minimum Gasteiger partial charge on any atom is -0.368 e. The normalized spacial score (nSPS) is 22.5. The van der Waals surface area contributed by atoms with Crippen LogP contribution in [0.5, 0.6) is 0 Å². The molecule has 5 rings (SSSR count). The summed E-state index contributed by atoms with van der Waals surface area (Å²) in [5.41, 5.74) is 0.397. The Bertz CT molecular complexity index is 990. The van der Waals surface area contributed by atoms with Crippen LogP contribution in [0, 0.1) is 5.92 Å². The van der Waals surface area contributed by atoms with E-state index in [2.05, 4.69) is 22.0 Å². The van der Waals surface area contributed by atoms with Crippen LogP contribution in [0.1, 0.15) is 43.1 Å². The zero-order valence-electron chi connectivity index (χ0n) is 18.7. The molecule has 8 nitrogen and oxygen atoms in total. The molecule has 170 valence electrons. The van der Waals surface area contributed by atoms with Crippen LogP contribution in [0.4, 0.5) is 5.82 Å². The number of aromatic nitrogens is 2. The Morgan fingerprint density at radius 1 is 0.906 bits per heavy atom. The van der Waals surface area contributed by atoms with Crippen molar-refractivity contribution in [2.45, 2.75) is 38.7 Å². The molecule has 3 fully saturated rings. The van der Waals surface area contributed by atoms with Crippen molar-refractivity contribution in [1.82, 2.24) is 20.0 Å². The Balaban J connectivity index is 1.32. The maximum Gasteiger partial charge on any atom is 0.275 e. The Morgan fingerprint density at radius 3 is 2.28 bits per heavy atom. The maximum atomic E-state index is 13.4. The number of carbonyl (C=O) groups excluding carboxylic acids is 2. The fourth-order valence-electron chi connectivity index (χ4n) is 4.96. The molecule has 1 unspecified atom stereocenters. The summed E-state index contributed by atoms with van der Waals surface area (Å²) < 4.78 is 5.53. The number of piperazine rings is 1. The lowest BCUT2D eigenvalue weighted by atomic mass is 9.99. The van der Waals surface area contributed by atoms with E-state index in [1.54, 1.807) is 4.90 Å². The van der Waals surface area contributed by atoms with Crippen LogP contribution in [-0.2, 0) is 9.53 Å². The van der Waals surface area contributed by atoms with Crippen LogP contribution < -0.4 is 4.90 Å². The number of anilines is 1. The number of ether oxygens (including phenoxy) is 1. The number of hydrogen-bond acceptors (Lipinski definition) is 6. The second-order valence-electron chi connectivity index (χ2n) is 9.21. The second-order valence-corrected chi connectivity index (χ2v) is 9.21. The molecule has 0 bridgehead atoms. The van der Waals surface area contributed by atoms with Crippen molar-refractivity contribution >= 4 is 28.4 Å². The highest BCUT2D eigenvalue weighted by molar-refractivity contribution is 6.07. The molecule has 2 aromatic rings. The van der Waals surface area contributed by atoms with Gasteiger partial charge >= 0.3 is 0 Å². The second kappa shape index (κ2) is 9.02. The van der Waals surface area contributed by atoms with Crippen molar-refractivity contribution in [3.05, 3.63) is 30.0 Å². The van der Waals surface area contributed by atoms with Gasteiger partial charge < -0.3 is 19.4 Å². The number of nitrogens with zero attached hydrogens (tertiary/aromatic N) is 5. The highest BCUT2D eigenvalue weighted by atomic mass is 16.5. The van der Waals surface area contributed by atoms with E-state index in [4.69, 9.17) is 4.74 Å². The van der Waals surface area contributed by atoms with E-state index in [-0.39, 0.29) is 17.9 Å². The van der Waals surface area contributed by atoms with Crippen molar-refractivity contribution in [1.29, 1.82) is 0 Å². The zero-order valence-corrected chi connectivity index (χ0v) is 18.7. The van der Waals surface area contributed by atoms with Crippen LogP contribution in [0.2, 0.25) is 0 Å². The summed E-state index contributed by atoms with van der Waals surface area (Å²) in [6.07, 6.45) is 3.71. The van der Waals surface area contributed by atoms with Gasteiger partial charge in [0.15, 0.2) is 11.5 Å². The van der Waals surface area contributed by atoms with Gasteiger partial charge in [-0.05, 0) is 31.6 Å². The number of carbonyl (C=O) groups is 2. The molecule has 3 aliphatic heterocycles. The van der Waals surface area contributed by atoms with Gasteiger partial charge in [0.05, 0.1) is 0 Å². The summed E-state index contributed by atoms with van der Waals surface area (Å²) in [5.74, 6) is 1.55. The highest BCUT2D eigenvalue weighted by Gasteiger charge is 2.32. The van der Waals surface area contributed by atoms with Crippen LogP contribution >= 0.6 is 0 Å². The number of fused-ring (bicyclic) bond motifs is 1. The molecule has 0 saturated carbocycles. The Labute approximate surface area is 188 Å². The Morgan fingerprint density at radius 2 is 1.59 bits per heavy atom. The molecule has 1 atom stereocenters. The van der Waals surface area contributed by atoms with Gasteiger partial charge in [-0.3, -0.25) is 9.59 Å². The van der Waals surface area contributed by atoms with Crippen molar-refractivity contribution in [3.8, 4) is 0 Å². The third-order valence-corrected chi connectivity index (χ3v) is 7.04. The topological polar surface area (TPSA) is 78.9 Å². The minimum atomic E-state index is -0.308. The van der Waals surface area contributed by atoms with E-state index >= 15 is 0 Å². The van der Waals surface area contributed by atoms with E-state index in [1.165, 1.54) is 0 Å². The smallest absolute Gasteiger partial charge is 0.275 e. The molecule has 2 amide bonds. The SMILES string of the molecule is CC1CCN(c2nnc(C(=O)N3CCN(C(=O)C4CCCO4)CC3)c3ccccc23)CC1. The first-order valence-corrected chi connectivity index (χ1v) is 11.8. The Hall–Kier alpha value is -2.74. The predicted octanol–water partition coefficient (Wildman–Crippen LogP) is 2.33. The lowest BCUT2D eigenvalue weighted by Gasteiger charge is -2.35. The molecule has 1 aromatic carbocycles. The molecule has 0 radical (unpaired) electrons. The van der Waals surface area contributed by atoms with Gasteiger partial charge in [0.1, 0.15) is 6.10 Å². The van der Waals surface area contributed by atoms with Crippen molar-refractivity contribution in [2.24, 2.45) is 5.92 Å². The van der Waals surface area contributed by atoms with Gasteiger partial charge in [-0.15, -0.1) is 10.2 Å². The van der Waals surface area contributed by atoms with Gasteiger partial charge in [0.2, 0.25) is 0 Å². The average Bonchev–Trinajstić information content (AvgIpc) is 3.38. The molecule has 32 heavy (non-hydrogen) atoms. The summed E-state index contributed by atoms with van der Waals surface area (Å²) in [5, 5.41) is 10.7. The monoisotopic (exact) mass is 437 g/mol. The first kappa shape index (κ1) is 21.1. The molecule has 3 saturated heterocycles. The van der Waals surface area contributed by atoms with Crippen LogP contribution in [0.25, 0.3) is 10.8 Å². The summed E-state index contributed by atoms with van der Waals surface area (Å²) in [6, 6.07) is 7.93. The van der Waals surface area contributed by atoms with Gasteiger partial charge in [-0.1, -0.05) is 31.2 Å². The molecule has 0 spiro atoms. The molecule has 3 aliphatic rings. The molecular weight excluding hydrogens is 406 g/mol. The van der Waals surface area contributed by atoms with E-state index < -0.39 is 0 Å². The Kier molecular flexibility index (Phi) is 5.95. The summed E-state index contributed by atoms with van der Waals surface area (Å²) in [4.78, 5) is 31.9. The zero-order chi connectivity index (χ0) is 22.1. The number of benzene rings is 1. The quantitative estimate of drug-likeness (QED) is 0.733. The van der Waals surface area contributed by atoms with Gasteiger partial charge in [-0.2, -0.15) is 0 Å². The van der Waals surface area contributed by atoms with Crippen LogP contribution in [0.15, 0.2) is 24.3 Å². The summed E-state index contributed by atoms with van der Waals surface area (Å²) in [6.45, 7) is 6.93. The highest BCUT2D eigenvalue weighted by Crippen LogP contribution is 2.29. The van der Waals surface area contributed by atoms with Gasteiger partial charge in [0, 0.05) is 56.6 Å². The molecule has 8 heteroatoms. The predicted molar refractivity (Wildman–Crippen MR) is 122 cm³/mol. The van der Waals surface area contributed by atoms with Gasteiger partial charge in [-0.25, -0.2) is 0 Å². The van der Waals surface area contributed by atoms with Crippen molar-refractivity contribution in [2.75, 3.05) is 50.8 Å². The summed E-state index contributed by atoms with van der Waals surface area (Å²) in [7, 11) is 0. The first-order chi connectivity index (χ1) is 15.6. The maximum absolute atomic E-state index is 13.4. The number of hydrogen-bond donors (Lipinski definition) is 0. The molecular formula is C24H31N5O3. The van der Waals surface area contributed by atoms with Crippen LogP contribution in [0.3, 0.4) is 0 Å². The van der Waals surface area contributed by atoms with Crippen molar-refractivity contribution in [3.63, 3.8) is 0 Å². The van der Waals surface area contributed by atoms with E-state index in [0.717, 1.165) is 61.3 Å². The number of amides is 2. The molecule has 4 heterocycles. The fraction of sp³-hybridized carbons (Fsp3) is 0.583. The third kappa shape index (κ3) is 4.03. The lowest BCUT2D eigenvalue weighted by molar-refractivity contribution is -0.142. The standard InChI is InChI=1S/C24H31N5O3/c1-17-8-10-27(11-9-17)22-19-6-3-2-5-18(19)21(25-26-22)24(31)29-14-12-28(13-15-29)23(30)20-7-4-16-32-20/h2-3,5-6,17,20H,4,7-16H2,1H3. The average molecular weight is 438 g/mol. The largest absolute Gasteiger partial charge is 0.368 e. The van der Waals surface area contributed by atoms with E-state index in [1.807, 2.05) is 29.2 Å². The molecule has 0 aliphatic carbocycles. The third-order valence-electron chi connectivity index (χ3n) is 7.04. The number of rotatable bonds is 3. The van der Waals surface area contributed by atoms with E-state index in [9.17, 15) is 9.59 Å². The van der Waals surface area contributed by atoms with Crippen molar-refractivity contribution < 1.29 is 14.3 Å². The molecule has 1 aromatic heterocycles. The van der Waals surface area contributed by atoms with Crippen LogP contribution in [-0.4, -0.2) is 83.8 Å². The van der Waals surface area contributed by atoms with E-state index in [0.29, 0.717) is 38.5 Å². The lowest BCUT2D eigenvalue weighted by Crippen LogP contribution is -2.53. The number of piperidine rings is 1. The molecule has 0 N–H and O–H groups in total. The minimum absolute atomic E-state index is 0.0556. The van der Waals surface area contributed by atoms with Gasteiger partial charge in [0.25, 0.3) is 11.8 Å². The fourth-order valence-corrected chi connectivity index (χ4v) is 4.96.